The third-order valence-corrected chi connectivity index (χ3v) is 3.31. The van der Waals surface area contributed by atoms with Crippen LogP contribution in [0.15, 0.2) is 48.5 Å². The summed E-state index contributed by atoms with van der Waals surface area (Å²) in [6.45, 7) is 2.41. The van der Waals surface area contributed by atoms with Crippen LogP contribution in [0.25, 0.3) is 0 Å². The van der Waals surface area contributed by atoms with Gasteiger partial charge in [0.05, 0.1) is 0 Å². The maximum absolute atomic E-state index is 12.0. The molecule has 2 aromatic carbocycles. The fourth-order valence-corrected chi connectivity index (χ4v) is 2.08. The number of aryl methyl sites for hydroxylation is 1. The van der Waals surface area contributed by atoms with Gasteiger partial charge in [-0.15, -0.1) is 0 Å². The van der Waals surface area contributed by atoms with E-state index >= 15 is 0 Å². The highest BCUT2D eigenvalue weighted by Crippen LogP contribution is 2.13. The fourth-order valence-electron chi connectivity index (χ4n) is 1.87. The van der Waals surface area contributed by atoms with Crippen molar-refractivity contribution >= 4 is 17.5 Å². The lowest BCUT2D eigenvalue weighted by Gasteiger charge is -2.13. The number of carbonyl (C=O) groups is 1. The Kier molecular flexibility index (Phi) is 4.77. The van der Waals surface area contributed by atoms with Gasteiger partial charge in [-0.2, -0.15) is 0 Å². The van der Waals surface area contributed by atoms with Gasteiger partial charge in [-0.1, -0.05) is 53.6 Å². The zero-order valence-electron chi connectivity index (χ0n) is 11.3. The number of nitrogens with two attached hydrogens (primary N) is 1. The molecular formula is C16H17ClN2O. The second kappa shape index (κ2) is 6.55. The lowest BCUT2D eigenvalue weighted by atomic mass is 10.1. The Balaban J connectivity index is 1.96. The van der Waals surface area contributed by atoms with E-state index in [1.165, 1.54) is 0 Å². The van der Waals surface area contributed by atoms with Crippen LogP contribution in [0.2, 0.25) is 5.02 Å². The van der Waals surface area contributed by atoms with Crippen LogP contribution in [0.1, 0.15) is 22.7 Å². The van der Waals surface area contributed by atoms with E-state index in [-0.39, 0.29) is 5.91 Å². The van der Waals surface area contributed by atoms with Crippen molar-refractivity contribution in [1.29, 1.82) is 0 Å². The van der Waals surface area contributed by atoms with Crippen LogP contribution < -0.4 is 11.1 Å². The molecule has 0 fully saturated rings. The van der Waals surface area contributed by atoms with Crippen molar-refractivity contribution in [1.82, 2.24) is 5.32 Å². The molecule has 0 aliphatic carbocycles. The molecule has 0 saturated heterocycles. The highest BCUT2D eigenvalue weighted by molar-refractivity contribution is 6.30. The molecule has 0 aliphatic heterocycles. The number of benzene rings is 2. The van der Waals surface area contributed by atoms with Gasteiger partial charge in [0.1, 0.15) is 6.04 Å². The molecule has 0 aliphatic rings. The molecular weight excluding hydrogens is 272 g/mol. The van der Waals surface area contributed by atoms with E-state index < -0.39 is 6.04 Å². The quantitative estimate of drug-likeness (QED) is 0.909. The number of hydrogen-bond acceptors (Lipinski definition) is 2. The summed E-state index contributed by atoms with van der Waals surface area (Å²) >= 11 is 5.90. The minimum atomic E-state index is -0.658. The highest BCUT2D eigenvalue weighted by Gasteiger charge is 2.14. The molecule has 0 aromatic heterocycles. The smallest absolute Gasteiger partial charge is 0.241 e. The monoisotopic (exact) mass is 288 g/mol. The minimum Gasteiger partial charge on any atom is -0.350 e. The summed E-state index contributed by atoms with van der Waals surface area (Å²) in [5.74, 6) is -0.200. The molecule has 0 saturated carbocycles. The molecule has 1 unspecified atom stereocenters. The van der Waals surface area contributed by atoms with Crippen LogP contribution in [0.3, 0.4) is 0 Å². The van der Waals surface area contributed by atoms with E-state index in [1.807, 2.05) is 49.4 Å². The first-order valence-electron chi connectivity index (χ1n) is 6.40. The maximum Gasteiger partial charge on any atom is 0.241 e. The second-order valence-electron chi connectivity index (χ2n) is 4.74. The summed E-state index contributed by atoms with van der Waals surface area (Å²) in [7, 11) is 0. The second-order valence-corrected chi connectivity index (χ2v) is 5.17. The topological polar surface area (TPSA) is 55.1 Å². The average molecular weight is 289 g/mol. The van der Waals surface area contributed by atoms with Gasteiger partial charge in [0.2, 0.25) is 5.91 Å². The summed E-state index contributed by atoms with van der Waals surface area (Å²) in [5.41, 5.74) is 8.83. The van der Waals surface area contributed by atoms with Gasteiger partial charge in [-0.05, 0) is 30.2 Å². The fraction of sp³-hybridized carbons (Fsp3) is 0.188. The number of carbonyl (C=O) groups excluding carboxylic acids is 1. The zero-order chi connectivity index (χ0) is 14.5. The molecule has 3 nitrogen and oxygen atoms in total. The van der Waals surface area contributed by atoms with Gasteiger partial charge in [0.25, 0.3) is 0 Å². The van der Waals surface area contributed by atoms with Crippen LogP contribution in [-0.4, -0.2) is 5.91 Å². The van der Waals surface area contributed by atoms with E-state index in [1.54, 1.807) is 6.07 Å². The summed E-state index contributed by atoms with van der Waals surface area (Å²) in [5, 5.41) is 3.47. The molecule has 2 rings (SSSR count). The maximum atomic E-state index is 12.0. The predicted octanol–water partition coefficient (Wildman–Crippen LogP) is 2.96. The lowest BCUT2D eigenvalue weighted by molar-refractivity contribution is -0.122. The molecule has 0 heterocycles. The summed E-state index contributed by atoms with van der Waals surface area (Å²) in [4.78, 5) is 12.0. The Morgan fingerprint density at radius 2 is 1.95 bits per heavy atom. The van der Waals surface area contributed by atoms with Crippen molar-refractivity contribution in [3.63, 3.8) is 0 Å². The van der Waals surface area contributed by atoms with Crippen LogP contribution in [0, 0.1) is 6.92 Å². The third-order valence-electron chi connectivity index (χ3n) is 3.07. The average Bonchev–Trinajstić information content (AvgIpc) is 2.45. The minimum absolute atomic E-state index is 0.200. The molecule has 20 heavy (non-hydrogen) atoms. The molecule has 2 aromatic rings. The van der Waals surface area contributed by atoms with Crippen LogP contribution in [0.4, 0.5) is 0 Å². The first-order valence-corrected chi connectivity index (χ1v) is 6.78. The van der Waals surface area contributed by atoms with E-state index in [9.17, 15) is 4.79 Å². The standard InChI is InChI=1S/C16H17ClN2O/c1-11-5-7-13(8-6-11)15(18)16(20)19-10-12-3-2-4-14(17)9-12/h2-9,15H,10,18H2,1H3,(H,19,20). The van der Waals surface area contributed by atoms with Crippen molar-refractivity contribution in [2.75, 3.05) is 0 Å². The molecule has 104 valence electrons. The van der Waals surface area contributed by atoms with Crippen LogP contribution >= 0.6 is 11.6 Å². The molecule has 4 heteroatoms. The van der Waals surface area contributed by atoms with E-state index in [0.29, 0.717) is 11.6 Å². The molecule has 1 amide bonds. The first kappa shape index (κ1) is 14.6. The number of halogens is 1. The summed E-state index contributed by atoms with van der Waals surface area (Å²) in [6, 6.07) is 14.4. The number of nitrogens with one attached hydrogen (secondary N) is 1. The molecule has 1 atom stereocenters. The lowest BCUT2D eigenvalue weighted by Crippen LogP contribution is -2.33. The SMILES string of the molecule is Cc1ccc(C(N)C(=O)NCc2cccc(Cl)c2)cc1. The third kappa shape index (κ3) is 3.83. The predicted molar refractivity (Wildman–Crippen MR) is 81.4 cm³/mol. The van der Waals surface area contributed by atoms with Crippen molar-refractivity contribution < 1.29 is 4.79 Å². The number of hydrogen-bond donors (Lipinski definition) is 2. The van der Waals surface area contributed by atoms with E-state index in [2.05, 4.69) is 5.32 Å². The van der Waals surface area contributed by atoms with E-state index in [0.717, 1.165) is 16.7 Å². The molecule has 3 N–H and O–H groups in total. The van der Waals surface area contributed by atoms with Gasteiger partial charge in [-0.25, -0.2) is 0 Å². The zero-order valence-corrected chi connectivity index (χ0v) is 12.0. The Morgan fingerprint density at radius 3 is 2.60 bits per heavy atom. The Morgan fingerprint density at radius 1 is 1.25 bits per heavy atom. The van der Waals surface area contributed by atoms with Gasteiger partial charge in [0.15, 0.2) is 0 Å². The highest BCUT2D eigenvalue weighted by atomic mass is 35.5. The Hall–Kier alpha value is -1.84. The van der Waals surface area contributed by atoms with E-state index in [4.69, 9.17) is 17.3 Å². The Bertz CT molecular complexity index is 596. The van der Waals surface area contributed by atoms with Gasteiger partial charge < -0.3 is 11.1 Å². The number of rotatable bonds is 4. The van der Waals surface area contributed by atoms with Crippen molar-refractivity contribution in [2.45, 2.75) is 19.5 Å². The summed E-state index contributed by atoms with van der Waals surface area (Å²) < 4.78 is 0. The number of amides is 1. The molecule has 0 bridgehead atoms. The Labute approximate surface area is 123 Å². The normalized spacial score (nSPS) is 11.9. The van der Waals surface area contributed by atoms with Gasteiger partial charge in [-0.3, -0.25) is 4.79 Å². The van der Waals surface area contributed by atoms with Crippen LogP contribution in [0.5, 0.6) is 0 Å². The molecule has 0 spiro atoms. The van der Waals surface area contributed by atoms with Gasteiger partial charge >= 0.3 is 0 Å². The van der Waals surface area contributed by atoms with Crippen LogP contribution in [-0.2, 0) is 11.3 Å². The molecule has 0 radical (unpaired) electrons. The van der Waals surface area contributed by atoms with Gasteiger partial charge in [0, 0.05) is 11.6 Å². The summed E-state index contributed by atoms with van der Waals surface area (Å²) in [6.07, 6.45) is 0. The van der Waals surface area contributed by atoms with Crippen molar-refractivity contribution in [2.24, 2.45) is 5.73 Å². The largest absolute Gasteiger partial charge is 0.350 e. The first-order chi connectivity index (χ1) is 9.56. The van der Waals surface area contributed by atoms with Crippen molar-refractivity contribution in [3.8, 4) is 0 Å². The van der Waals surface area contributed by atoms with Crippen molar-refractivity contribution in [3.05, 3.63) is 70.2 Å².